The van der Waals surface area contributed by atoms with Gasteiger partial charge >= 0.3 is 0 Å². The van der Waals surface area contributed by atoms with Gasteiger partial charge in [-0.25, -0.2) is 0 Å². The van der Waals surface area contributed by atoms with Gasteiger partial charge in [0.25, 0.3) is 0 Å². The zero-order valence-corrected chi connectivity index (χ0v) is 11.5. The molecule has 5 heteroatoms. The lowest BCUT2D eigenvalue weighted by molar-refractivity contribution is -0.129. The van der Waals surface area contributed by atoms with Crippen LogP contribution in [0.5, 0.6) is 5.75 Å². The Kier molecular flexibility index (Phi) is 4.27. The van der Waals surface area contributed by atoms with Gasteiger partial charge in [0.1, 0.15) is 5.75 Å². The van der Waals surface area contributed by atoms with Crippen LogP contribution in [0.4, 0.5) is 5.69 Å². The quantitative estimate of drug-likeness (QED) is 0.795. The first-order valence-corrected chi connectivity index (χ1v) is 6.59. The van der Waals surface area contributed by atoms with E-state index in [2.05, 4.69) is 10.2 Å². The van der Waals surface area contributed by atoms with E-state index in [4.69, 9.17) is 10.5 Å². The van der Waals surface area contributed by atoms with Crippen LogP contribution in [0.15, 0.2) is 18.2 Å². The van der Waals surface area contributed by atoms with Gasteiger partial charge in [0.05, 0.1) is 13.2 Å². The topological polar surface area (TPSA) is 67.6 Å². The minimum absolute atomic E-state index is 0.0593. The van der Waals surface area contributed by atoms with Gasteiger partial charge in [-0.1, -0.05) is 13.0 Å². The molecule has 19 heavy (non-hydrogen) atoms. The molecule has 104 valence electrons. The summed E-state index contributed by atoms with van der Waals surface area (Å²) in [5, 5.41) is 2.90. The highest BCUT2D eigenvalue weighted by Crippen LogP contribution is 2.24. The Morgan fingerprint density at radius 2 is 2.32 bits per heavy atom. The van der Waals surface area contributed by atoms with Crippen LogP contribution in [0.3, 0.4) is 0 Å². The van der Waals surface area contributed by atoms with Gasteiger partial charge in [0.15, 0.2) is 0 Å². The minimum Gasteiger partial charge on any atom is -0.496 e. The molecule has 3 N–H and O–H groups in total. The zero-order chi connectivity index (χ0) is 13.8. The summed E-state index contributed by atoms with van der Waals surface area (Å²) < 4.78 is 5.36. The number of methoxy groups -OCH3 is 1. The number of nitrogen functional groups attached to an aromatic ring is 1. The molecular formula is C14H21N3O2. The second-order valence-corrected chi connectivity index (χ2v) is 4.76. The smallest absolute Gasteiger partial charge is 0.237 e. The van der Waals surface area contributed by atoms with Gasteiger partial charge in [0.2, 0.25) is 5.91 Å². The van der Waals surface area contributed by atoms with E-state index in [1.165, 1.54) is 0 Å². The van der Waals surface area contributed by atoms with Gasteiger partial charge in [-0.2, -0.15) is 0 Å². The van der Waals surface area contributed by atoms with Crippen LogP contribution in [0.2, 0.25) is 0 Å². The van der Waals surface area contributed by atoms with Gasteiger partial charge in [-0.05, 0) is 12.5 Å². The molecule has 1 heterocycles. The van der Waals surface area contributed by atoms with Crippen molar-refractivity contribution in [2.75, 3.05) is 25.9 Å². The fraction of sp³-hybridized carbons (Fsp3) is 0.500. The molecule has 0 radical (unpaired) electrons. The molecule has 1 aromatic rings. The standard InChI is InChI=1S/C14H21N3O2/c1-3-12-14(18)16-6-7-17(12)9-10-4-5-11(15)8-13(10)19-2/h4-5,8,12H,3,6-7,9,15H2,1-2H3,(H,16,18). The van der Waals surface area contributed by atoms with Gasteiger partial charge in [-0.15, -0.1) is 0 Å². The first-order chi connectivity index (χ1) is 9.15. The number of amides is 1. The number of nitrogens with two attached hydrogens (primary N) is 1. The van der Waals surface area contributed by atoms with E-state index in [9.17, 15) is 4.79 Å². The highest BCUT2D eigenvalue weighted by atomic mass is 16.5. The van der Waals surface area contributed by atoms with Crippen LogP contribution in [0.25, 0.3) is 0 Å². The predicted octanol–water partition coefficient (Wildman–Crippen LogP) is 0.988. The highest BCUT2D eigenvalue weighted by Gasteiger charge is 2.28. The minimum atomic E-state index is -0.0593. The first-order valence-electron chi connectivity index (χ1n) is 6.59. The lowest BCUT2D eigenvalue weighted by atomic mass is 10.1. The third-order valence-corrected chi connectivity index (χ3v) is 3.51. The number of piperazine rings is 1. The van der Waals surface area contributed by atoms with Crippen molar-refractivity contribution >= 4 is 11.6 Å². The Labute approximate surface area is 113 Å². The molecule has 0 bridgehead atoms. The van der Waals surface area contributed by atoms with Crippen LogP contribution >= 0.6 is 0 Å². The van der Waals surface area contributed by atoms with Crippen LogP contribution < -0.4 is 15.8 Å². The molecule has 1 aliphatic rings. The fourth-order valence-corrected chi connectivity index (χ4v) is 2.51. The summed E-state index contributed by atoms with van der Waals surface area (Å²) in [7, 11) is 1.64. The van der Waals surface area contributed by atoms with Crippen LogP contribution in [-0.4, -0.2) is 37.0 Å². The fourth-order valence-electron chi connectivity index (χ4n) is 2.51. The maximum atomic E-state index is 11.8. The molecular weight excluding hydrogens is 242 g/mol. The summed E-state index contributed by atoms with van der Waals surface area (Å²) in [6.07, 6.45) is 0.809. The average molecular weight is 263 g/mol. The second-order valence-electron chi connectivity index (χ2n) is 4.76. The third-order valence-electron chi connectivity index (χ3n) is 3.51. The summed E-state index contributed by atoms with van der Waals surface area (Å²) >= 11 is 0. The molecule has 2 rings (SSSR count). The summed E-state index contributed by atoms with van der Waals surface area (Å²) in [5.74, 6) is 0.893. The Morgan fingerprint density at radius 3 is 3.00 bits per heavy atom. The van der Waals surface area contributed by atoms with Crippen molar-refractivity contribution in [3.05, 3.63) is 23.8 Å². The Balaban J connectivity index is 2.17. The van der Waals surface area contributed by atoms with Gasteiger partial charge in [-0.3, -0.25) is 9.69 Å². The SMILES string of the molecule is CCC1C(=O)NCCN1Cc1ccc(N)cc1OC. The van der Waals surface area contributed by atoms with Crippen molar-refractivity contribution in [1.29, 1.82) is 0 Å². The first kappa shape index (κ1) is 13.7. The molecule has 0 saturated carbocycles. The number of hydrogen-bond donors (Lipinski definition) is 2. The maximum absolute atomic E-state index is 11.8. The number of ether oxygens (including phenoxy) is 1. The Morgan fingerprint density at radius 1 is 1.53 bits per heavy atom. The third kappa shape index (κ3) is 2.98. The molecule has 1 atom stereocenters. The van der Waals surface area contributed by atoms with Crippen molar-refractivity contribution in [3.8, 4) is 5.75 Å². The molecule has 1 fully saturated rings. The summed E-state index contributed by atoms with van der Waals surface area (Å²) in [5.41, 5.74) is 7.50. The van der Waals surface area contributed by atoms with Crippen molar-refractivity contribution in [3.63, 3.8) is 0 Å². The average Bonchev–Trinajstić information content (AvgIpc) is 2.41. The molecule has 0 aliphatic carbocycles. The van der Waals surface area contributed by atoms with E-state index in [-0.39, 0.29) is 11.9 Å². The Bertz CT molecular complexity index is 462. The van der Waals surface area contributed by atoms with Crippen LogP contribution in [0, 0.1) is 0 Å². The molecule has 1 aromatic carbocycles. The van der Waals surface area contributed by atoms with Crippen molar-refractivity contribution in [2.45, 2.75) is 25.9 Å². The number of benzene rings is 1. The molecule has 1 aliphatic heterocycles. The predicted molar refractivity (Wildman–Crippen MR) is 74.9 cm³/mol. The monoisotopic (exact) mass is 263 g/mol. The lowest BCUT2D eigenvalue weighted by Gasteiger charge is -2.34. The van der Waals surface area contributed by atoms with Crippen molar-refractivity contribution in [1.82, 2.24) is 10.2 Å². The van der Waals surface area contributed by atoms with Crippen LogP contribution in [-0.2, 0) is 11.3 Å². The van der Waals surface area contributed by atoms with E-state index >= 15 is 0 Å². The molecule has 0 spiro atoms. The summed E-state index contributed by atoms with van der Waals surface area (Å²) in [4.78, 5) is 14.0. The summed E-state index contributed by atoms with van der Waals surface area (Å²) in [6, 6.07) is 5.59. The Hall–Kier alpha value is -1.75. The molecule has 5 nitrogen and oxygen atoms in total. The second kappa shape index (κ2) is 5.93. The van der Waals surface area contributed by atoms with E-state index in [0.29, 0.717) is 18.8 Å². The number of anilines is 1. The number of nitrogens with zero attached hydrogens (tertiary/aromatic N) is 1. The van der Waals surface area contributed by atoms with E-state index in [1.807, 2.05) is 25.1 Å². The van der Waals surface area contributed by atoms with Gasteiger partial charge < -0.3 is 15.8 Å². The maximum Gasteiger partial charge on any atom is 0.237 e. The van der Waals surface area contributed by atoms with Crippen molar-refractivity contribution in [2.24, 2.45) is 0 Å². The lowest BCUT2D eigenvalue weighted by Crippen LogP contribution is -2.54. The van der Waals surface area contributed by atoms with E-state index in [1.54, 1.807) is 7.11 Å². The zero-order valence-electron chi connectivity index (χ0n) is 11.5. The molecule has 1 unspecified atom stereocenters. The number of carbonyl (C=O) groups excluding carboxylic acids is 1. The largest absolute Gasteiger partial charge is 0.496 e. The number of hydrogen-bond acceptors (Lipinski definition) is 4. The normalized spacial score (nSPS) is 20.1. The van der Waals surface area contributed by atoms with Gasteiger partial charge in [0, 0.05) is 37.0 Å². The number of nitrogens with one attached hydrogen (secondary N) is 1. The highest BCUT2D eigenvalue weighted by molar-refractivity contribution is 5.82. The molecule has 1 amide bonds. The number of carbonyl (C=O) groups is 1. The summed E-state index contributed by atoms with van der Waals surface area (Å²) in [6.45, 7) is 4.29. The van der Waals surface area contributed by atoms with Crippen LogP contribution in [0.1, 0.15) is 18.9 Å². The van der Waals surface area contributed by atoms with E-state index in [0.717, 1.165) is 24.3 Å². The molecule has 1 saturated heterocycles. The van der Waals surface area contributed by atoms with Crippen molar-refractivity contribution < 1.29 is 9.53 Å². The van der Waals surface area contributed by atoms with E-state index < -0.39 is 0 Å². The number of rotatable bonds is 4. The molecule has 0 aromatic heterocycles.